The maximum atomic E-state index is 8.78. The molecule has 0 saturated carbocycles. The molecule has 0 spiro atoms. The Labute approximate surface area is 121 Å². The van der Waals surface area contributed by atoms with Crippen molar-refractivity contribution in [2.24, 2.45) is 5.92 Å². The molecule has 0 N–H and O–H groups in total. The topological polar surface area (TPSA) is 42.2 Å². The van der Waals surface area contributed by atoms with Crippen LogP contribution in [0.1, 0.15) is 56.4 Å². The van der Waals surface area contributed by atoms with E-state index in [4.69, 9.17) is 14.7 Å². The lowest BCUT2D eigenvalue weighted by Gasteiger charge is -2.29. The van der Waals surface area contributed by atoms with Crippen LogP contribution in [0.4, 0.5) is 0 Å². The monoisotopic (exact) mass is 273 g/mol. The minimum absolute atomic E-state index is 0.269. The van der Waals surface area contributed by atoms with E-state index in [9.17, 15) is 0 Å². The van der Waals surface area contributed by atoms with Crippen LogP contribution in [0.3, 0.4) is 0 Å². The van der Waals surface area contributed by atoms with Crippen molar-refractivity contribution >= 4 is 0 Å². The molecule has 0 bridgehead atoms. The van der Waals surface area contributed by atoms with Gasteiger partial charge in [0.15, 0.2) is 6.29 Å². The van der Waals surface area contributed by atoms with Gasteiger partial charge in [0.1, 0.15) is 0 Å². The molecule has 0 unspecified atom stereocenters. The lowest BCUT2D eigenvalue weighted by molar-refractivity contribution is -0.206. The van der Waals surface area contributed by atoms with Gasteiger partial charge in [0.2, 0.25) is 0 Å². The average Bonchev–Trinajstić information content (AvgIpc) is 2.52. The highest BCUT2D eigenvalue weighted by Gasteiger charge is 2.23. The van der Waals surface area contributed by atoms with Crippen LogP contribution in [0, 0.1) is 17.2 Å². The van der Waals surface area contributed by atoms with E-state index in [0.717, 1.165) is 18.8 Å². The summed E-state index contributed by atoms with van der Waals surface area (Å²) in [5.74, 6) is 0.529. The molecule has 20 heavy (non-hydrogen) atoms. The van der Waals surface area contributed by atoms with Crippen LogP contribution >= 0.6 is 0 Å². The maximum absolute atomic E-state index is 8.78. The summed E-state index contributed by atoms with van der Waals surface area (Å²) in [7, 11) is 0. The molecule has 1 aliphatic rings. The van der Waals surface area contributed by atoms with E-state index in [0.29, 0.717) is 11.5 Å². The number of ether oxygens (including phenoxy) is 2. The van der Waals surface area contributed by atoms with Gasteiger partial charge in [-0.15, -0.1) is 0 Å². The Morgan fingerprint density at radius 3 is 2.40 bits per heavy atom. The summed E-state index contributed by atoms with van der Waals surface area (Å²) in [5.41, 5.74) is 1.66. The molecule has 0 atom stereocenters. The number of nitriles is 1. The van der Waals surface area contributed by atoms with Crippen molar-refractivity contribution in [2.75, 3.05) is 13.2 Å². The number of unbranched alkanes of at least 4 members (excludes halogenated alkanes) is 3. The van der Waals surface area contributed by atoms with Crippen LogP contribution in [0.15, 0.2) is 24.3 Å². The first-order chi connectivity index (χ1) is 9.83. The quantitative estimate of drug-likeness (QED) is 0.730. The number of hydrogen-bond acceptors (Lipinski definition) is 3. The Morgan fingerprint density at radius 1 is 1.10 bits per heavy atom. The summed E-state index contributed by atoms with van der Waals surface area (Å²) < 4.78 is 11.6. The highest BCUT2D eigenvalue weighted by molar-refractivity contribution is 5.32. The summed E-state index contributed by atoms with van der Waals surface area (Å²) >= 11 is 0. The van der Waals surface area contributed by atoms with E-state index in [1.54, 1.807) is 12.1 Å². The van der Waals surface area contributed by atoms with Crippen LogP contribution < -0.4 is 0 Å². The summed E-state index contributed by atoms with van der Waals surface area (Å²) in [5, 5.41) is 8.78. The number of nitrogens with zero attached hydrogens (tertiary/aromatic N) is 1. The zero-order chi connectivity index (χ0) is 14.2. The molecule has 3 nitrogen and oxygen atoms in total. The molecule has 1 saturated heterocycles. The number of benzene rings is 1. The molecular weight excluding hydrogens is 250 g/mol. The van der Waals surface area contributed by atoms with Crippen molar-refractivity contribution in [3.05, 3.63) is 35.4 Å². The molecule has 1 fully saturated rings. The van der Waals surface area contributed by atoms with Crippen molar-refractivity contribution in [1.29, 1.82) is 5.26 Å². The van der Waals surface area contributed by atoms with Crippen LogP contribution in [-0.2, 0) is 9.47 Å². The summed E-state index contributed by atoms with van der Waals surface area (Å²) in [4.78, 5) is 0. The van der Waals surface area contributed by atoms with Gasteiger partial charge in [0.05, 0.1) is 24.8 Å². The first-order valence-corrected chi connectivity index (χ1v) is 7.56. The highest BCUT2D eigenvalue weighted by Crippen LogP contribution is 2.27. The zero-order valence-electron chi connectivity index (χ0n) is 12.2. The van der Waals surface area contributed by atoms with Crippen molar-refractivity contribution < 1.29 is 9.47 Å². The fourth-order valence-electron chi connectivity index (χ4n) is 2.48. The second-order valence-electron chi connectivity index (χ2n) is 5.45. The minimum atomic E-state index is -0.269. The Morgan fingerprint density at radius 2 is 1.80 bits per heavy atom. The lowest BCUT2D eigenvalue weighted by Crippen LogP contribution is -2.27. The minimum Gasteiger partial charge on any atom is -0.348 e. The van der Waals surface area contributed by atoms with E-state index in [2.05, 4.69) is 13.0 Å². The van der Waals surface area contributed by atoms with Crippen molar-refractivity contribution in [2.45, 2.75) is 45.3 Å². The third-order valence-corrected chi connectivity index (χ3v) is 3.74. The Hall–Kier alpha value is -1.37. The van der Waals surface area contributed by atoms with Crippen LogP contribution in [0.25, 0.3) is 0 Å². The molecule has 1 aromatic rings. The second kappa shape index (κ2) is 8.04. The van der Waals surface area contributed by atoms with E-state index < -0.39 is 0 Å². The molecule has 0 aromatic heterocycles. The first kappa shape index (κ1) is 15.0. The summed E-state index contributed by atoms with van der Waals surface area (Å²) in [6.45, 7) is 3.78. The van der Waals surface area contributed by atoms with Gasteiger partial charge in [0, 0.05) is 11.5 Å². The fraction of sp³-hybridized carbons (Fsp3) is 0.588. The summed E-state index contributed by atoms with van der Waals surface area (Å²) in [6.07, 6.45) is 6.11. The molecule has 1 aromatic carbocycles. The van der Waals surface area contributed by atoms with Gasteiger partial charge >= 0.3 is 0 Å². The Bertz CT molecular complexity index is 427. The van der Waals surface area contributed by atoms with Gasteiger partial charge in [-0.2, -0.15) is 5.26 Å². The normalized spacial score (nSPS) is 22.4. The maximum Gasteiger partial charge on any atom is 0.183 e. The van der Waals surface area contributed by atoms with Gasteiger partial charge in [-0.3, -0.25) is 0 Å². The molecule has 108 valence electrons. The molecule has 0 amide bonds. The van der Waals surface area contributed by atoms with Gasteiger partial charge < -0.3 is 9.47 Å². The molecular formula is C17H23NO2. The van der Waals surface area contributed by atoms with Gasteiger partial charge in [-0.1, -0.05) is 44.7 Å². The van der Waals surface area contributed by atoms with Gasteiger partial charge in [-0.05, 0) is 18.6 Å². The second-order valence-corrected chi connectivity index (χ2v) is 5.45. The van der Waals surface area contributed by atoms with Crippen LogP contribution in [0.5, 0.6) is 0 Å². The fourth-order valence-corrected chi connectivity index (χ4v) is 2.48. The average molecular weight is 273 g/mol. The Balaban J connectivity index is 1.74. The molecule has 1 heterocycles. The van der Waals surface area contributed by atoms with Crippen molar-refractivity contribution in [1.82, 2.24) is 0 Å². The van der Waals surface area contributed by atoms with Crippen LogP contribution in [0.2, 0.25) is 0 Å². The predicted molar refractivity (Wildman–Crippen MR) is 78.1 cm³/mol. The third kappa shape index (κ3) is 4.33. The summed E-state index contributed by atoms with van der Waals surface area (Å²) in [6, 6.07) is 9.54. The van der Waals surface area contributed by atoms with E-state index in [1.165, 1.54) is 32.1 Å². The highest BCUT2D eigenvalue weighted by atomic mass is 16.7. The van der Waals surface area contributed by atoms with Crippen molar-refractivity contribution in [3.8, 4) is 6.07 Å². The zero-order valence-corrected chi connectivity index (χ0v) is 12.2. The van der Waals surface area contributed by atoms with E-state index in [1.807, 2.05) is 12.1 Å². The molecule has 3 heteroatoms. The standard InChI is InChI=1S/C17H23NO2/c1-2-3-4-5-6-15-12-19-17(20-13-15)16-9-7-14(11-18)8-10-16/h7-10,15,17H,2-6,12-13H2,1H3/t15-,17-. The molecule has 0 aliphatic carbocycles. The third-order valence-electron chi connectivity index (χ3n) is 3.74. The van der Waals surface area contributed by atoms with Gasteiger partial charge in [-0.25, -0.2) is 0 Å². The predicted octanol–water partition coefficient (Wildman–Crippen LogP) is 4.19. The SMILES string of the molecule is CCCCCC[C@H]1CO[C@H](c2ccc(C#N)cc2)OC1. The largest absolute Gasteiger partial charge is 0.348 e. The van der Waals surface area contributed by atoms with Crippen molar-refractivity contribution in [3.63, 3.8) is 0 Å². The smallest absolute Gasteiger partial charge is 0.183 e. The van der Waals surface area contributed by atoms with Gasteiger partial charge in [0.25, 0.3) is 0 Å². The molecule has 2 rings (SSSR count). The number of hydrogen-bond donors (Lipinski definition) is 0. The van der Waals surface area contributed by atoms with E-state index >= 15 is 0 Å². The lowest BCUT2D eigenvalue weighted by atomic mass is 10.0. The number of rotatable bonds is 6. The molecule has 0 radical (unpaired) electrons. The van der Waals surface area contributed by atoms with Crippen LogP contribution in [-0.4, -0.2) is 13.2 Å². The first-order valence-electron chi connectivity index (χ1n) is 7.56. The molecule has 1 aliphatic heterocycles. The van der Waals surface area contributed by atoms with E-state index in [-0.39, 0.29) is 6.29 Å². The Kier molecular flexibility index (Phi) is 6.04.